The number of carbonyl (C=O) groups excluding carboxylic acids is 1. The van der Waals surface area contributed by atoms with Gasteiger partial charge in [0.05, 0.1) is 11.6 Å². The fraction of sp³-hybridized carbons (Fsp3) is 0.192. The van der Waals surface area contributed by atoms with E-state index in [0.717, 1.165) is 5.69 Å². The molecule has 34 heavy (non-hydrogen) atoms. The molecule has 5 rings (SSSR count). The van der Waals surface area contributed by atoms with Crippen LogP contribution in [0.1, 0.15) is 29.2 Å². The number of hydrogen-bond acceptors (Lipinski definition) is 7. The van der Waals surface area contributed by atoms with E-state index < -0.39 is 5.92 Å². The van der Waals surface area contributed by atoms with Crippen LogP contribution in [0.15, 0.2) is 76.3 Å². The third-order valence-corrected chi connectivity index (χ3v) is 5.80. The van der Waals surface area contributed by atoms with Gasteiger partial charge in [-0.1, -0.05) is 18.2 Å². The topological polar surface area (TPSA) is 111 Å². The molecule has 1 atom stereocenters. The number of nitrogens with zero attached hydrogens (tertiary/aromatic N) is 1. The largest absolute Gasteiger partial charge is 0.508 e. The first-order valence-corrected chi connectivity index (χ1v) is 10.9. The van der Waals surface area contributed by atoms with E-state index in [2.05, 4.69) is 10.3 Å². The lowest BCUT2D eigenvalue weighted by Gasteiger charge is -2.19. The first-order chi connectivity index (χ1) is 16.6. The van der Waals surface area contributed by atoms with Crippen molar-refractivity contribution in [3.05, 3.63) is 94.1 Å². The van der Waals surface area contributed by atoms with Crippen molar-refractivity contribution in [3.8, 4) is 17.2 Å². The number of phenolic OH excluding ortho intramolecular Hbond substituents is 1. The Bertz CT molecular complexity index is 1400. The average Bonchev–Trinajstić information content (AvgIpc) is 3.31. The molecule has 1 aliphatic heterocycles. The van der Waals surface area contributed by atoms with Crippen molar-refractivity contribution in [3.63, 3.8) is 0 Å². The van der Waals surface area contributed by atoms with Crippen molar-refractivity contribution in [2.24, 2.45) is 0 Å². The Labute approximate surface area is 194 Å². The van der Waals surface area contributed by atoms with E-state index in [-0.39, 0.29) is 35.9 Å². The number of carbonyl (C=O) groups is 1. The van der Waals surface area contributed by atoms with Crippen LogP contribution >= 0.6 is 0 Å². The summed E-state index contributed by atoms with van der Waals surface area (Å²) < 4.78 is 16.5. The van der Waals surface area contributed by atoms with Crippen molar-refractivity contribution < 1.29 is 23.8 Å². The molecule has 0 spiro atoms. The van der Waals surface area contributed by atoms with Gasteiger partial charge in [0.15, 0.2) is 16.9 Å². The minimum atomic E-state index is -0.759. The molecule has 0 unspecified atom stereocenters. The molecule has 1 amide bonds. The average molecular weight is 458 g/mol. The summed E-state index contributed by atoms with van der Waals surface area (Å²) in [5, 5.41) is 14.0. The zero-order valence-electron chi connectivity index (χ0n) is 18.2. The second-order valence-electron chi connectivity index (χ2n) is 7.96. The second kappa shape index (κ2) is 9.27. The predicted molar refractivity (Wildman–Crippen MR) is 124 cm³/mol. The molecule has 8 heteroatoms. The minimum absolute atomic E-state index is 0.0367. The van der Waals surface area contributed by atoms with Crippen LogP contribution in [0.4, 0.5) is 0 Å². The van der Waals surface area contributed by atoms with Crippen LogP contribution < -0.4 is 20.2 Å². The van der Waals surface area contributed by atoms with Crippen LogP contribution in [0, 0.1) is 0 Å². The van der Waals surface area contributed by atoms with E-state index in [1.807, 2.05) is 18.2 Å². The normalized spacial score (nSPS) is 13.1. The van der Waals surface area contributed by atoms with Crippen LogP contribution in [0.25, 0.3) is 11.0 Å². The second-order valence-corrected chi connectivity index (χ2v) is 7.96. The Hall–Kier alpha value is -4.33. The molecule has 3 heterocycles. The SMILES string of the molecule is O=C(C[C@@H](c1cc2c(cc1O)OCO2)c1coc2ccccc2c1=O)NCCc1ccccn1. The molecule has 4 aromatic rings. The summed E-state index contributed by atoms with van der Waals surface area (Å²) >= 11 is 0. The number of aromatic hydroxyl groups is 1. The van der Waals surface area contributed by atoms with E-state index in [9.17, 15) is 14.7 Å². The number of para-hydroxylation sites is 1. The van der Waals surface area contributed by atoms with Crippen molar-refractivity contribution in [2.75, 3.05) is 13.3 Å². The zero-order valence-corrected chi connectivity index (χ0v) is 18.2. The smallest absolute Gasteiger partial charge is 0.231 e. The highest BCUT2D eigenvalue weighted by atomic mass is 16.7. The summed E-state index contributed by atoms with van der Waals surface area (Å²) in [6.45, 7) is 0.428. The molecule has 2 N–H and O–H groups in total. The minimum Gasteiger partial charge on any atom is -0.508 e. The first kappa shape index (κ1) is 21.5. The lowest BCUT2D eigenvalue weighted by Crippen LogP contribution is -2.28. The third-order valence-electron chi connectivity index (χ3n) is 5.80. The molecule has 172 valence electrons. The summed E-state index contributed by atoms with van der Waals surface area (Å²) in [4.78, 5) is 30.5. The number of amides is 1. The number of hydrogen-bond donors (Lipinski definition) is 2. The van der Waals surface area contributed by atoms with E-state index in [4.69, 9.17) is 13.9 Å². The maximum atomic E-state index is 13.3. The number of ether oxygens (including phenoxy) is 2. The summed E-state index contributed by atoms with van der Waals surface area (Å²) in [5.41, 5.74) is 1.71. The molecule has 0 aliphatic carbocycles. The molecule has 0 radical (unpaired) electrons. The molecule has 1 aliphatic rings. The first-order valence-electron chi connectivity index (χ1n) is 10.9. The lowest BCUT2D eigenvalue weighted by molar-refractivity contribution is -0.121. The Morgan fingerprint density at radius 1 is 1.06 bits per heavy atom. The fourth-order valence-electron chi connectivity index (χ4n) is 4.08. The van der Waals surface area contributed by atoms with E-state index in [0.29, 0.717) is 41.0 Å². The van der Waals surface area contributed by atoms with Crippen molar-refractivity contribution in [2.45, 2.75) is 18.8 Å². The molecule has 0 fully saturated rings. The van der Waals surface area contributed by atoms with E-state index in [1.165, 1.54) is 12.3 Å². The molecule has 2 aromatic heterocycles. The summed E-state index contributed by atoms with van der Waals surface area (Å²) in [7, 11) is 0. The number of pyridine rings is 1. The van der Waals surface area contributed by atoms with Gasteiger partial charge in [-0.3, -0.25) is 14.6 Å². The molecule has 0 bridgehead atoms. The highest BCUT2D eigenvalue weighted by Gasteiger charge is 2.28. The number of phenols is 1. The van der Waals surface area contributed by atoms with Gasteiger partial charge in [-0.15, -0.1) is 0 Å². The standard InChI is InChI=1S/C26H22N2O6/c29-21-13-24-23(33-15-34-24)11-19(21)18(12-25(30)28-10-8-16-5-3-4-9-27-16)20-14-32-22-7-2-1-6-17(22)26(20)31/h1-7,9,11,13-14,18,29H,8,10,12,15H2,(H,28,30)/t18-/m0/s1. The Morgan fingerprint density at radius 3 is 2.68 bits per heavy atom. The molecular formula is C26H22N2O6. The van der Waals surface area contributed by atoms with Gasteiger partial charge in [0.1, 0.15) is 11.3 Å². The molecule has 8 nitrogen and oxygen atoms in total. The van der Waals surface area contributed by atoms with E-state index >= 15 is 0 Å². The van der Waals surface area contributed by atoms with Gasteiger partial charge in [0.25, 0.3) is 0 Å². The molecule has 0 saturated carbocycles. The molecular weight excluding hydrogens is 436 g/mol. The summed E-state index contributed by atoms with van der Waals surface area (Å²) in [6, 6.07) is 15.6. The molecule has 2 aromatic carbocycles. The predicted octanol–water partition coefficient (Wildman–Crippen LogP) is 3.50. The number of aromatic nitrogens is 1. The van der Waals surface area contributed by atoms with Crippen LogP contribution in [0.5, 0.6) is 17.2 Å². The van der Waals surface area contributed by atoms with Crippen molar-refractivity contribution in [1.29, 1.82) is 0 Å². The number of fused-ring (bicyclic) bond motifs is 2. The quantitative estimate of drug-likeness (QED) is 0.436. The number of benzene rings is 2. The van der Waals surface area contributed by atoms with Gasteiger partial charge < -0.3 is 24.3 Å². The van der Waals surface area contributed by atoms with Crippen molar-refractivity contribution in [1.82, 2.24) is 10.3 Å². The highest BCUT2D eigenvalue weighted by Crippen LogP contribution is 2.42. The van der Waals surface area contributed by atoms with Crippen LogP contribution in [-0.2, 0) is 11.2 Å². The molecule has 0 saturated heterocycles. The van der Waals surface area contributed by atoms with Gasteiger partial charge in [0, 0.05) is 54.4 Å². The van der Waals surface area contributed by atoms with Gasteiger partial charge in [-0.05, 0) is 30.3 Å². The summed E-state index contributed by atoms with van der Waals surface area (Å²) in [5.74, 6) is -0.275. The maximum absolute atomic E-state index is 13.3. The highest BCUT2D eigenvalue weighted by molar-refractivity contribution is 5.80. The monoisotopic (exact) mass is 458 g/mol. The Morgan fingerprint density at radius 2 is 1.85 bits per heavy atom. The Kier molecular flexibility index (Phi) is 5.86. The number of nitrogens with one attached hydrogen (secondary N) is 1. The van der Waals surface area contributed by atoms with Crippen LogP contribution in [-0.4, -0.2) is 29.3 Å². The van der Waals surface area contributed by atoms with Gasteiger partial charge in [-0.25, -0.2) is 0 Å². The summed E-state index contributed by atoms with van der Waals surface area (Å²) in [6.07, 6.45) is 3.57. The Balaban J connectivity index is 1.46. The van der Waals surface area contributed by atoms with Crippen LogP contribution in [0.2, 0.25) is 0 Å². The maximum Gasteiger partial charge on any atom is 0.231 e. The fourth-order valence-corrected chi connectivity index (χ4v) is 4.08. The number of rotatable bonds is 7. The van der Waals surface area contributed by atoms with Crippen LogP contribution in [0.3, 0.4) is 0 Å². The van der Waals surface area contributed by atoms with Crippen molar-refractivity contribution >= 4 is 16.9 Å². The lowest BCUT2D eigenvalue weighted by atomic mass is 9.87. The van der Waals surface area contributed by atoms with Gasteiger partial charge in [-0.2, -0.15) is 0 Å². The van der Waals surface area contributed by atoms with E-state index in [1.54, 1.807) is 36.5 Å². The van der Waals surface area contributed by atoms with Gasteiger partial charge in [0.2, 0.25) is 12.7 Å². The third kappa shape index (κ3) is 4.30. The van der Waals surface area contributed by atoms with Gasteiger partial charge >= 0.3 is 0 Å². The zero-order chi connectivity index (χ0) is 23.5.